The molecule has 0 radical (unpaired) electrons. The number of aromatic nitrogens is 2. The van der Waals surface area contributed by atoms with Crippen molar-refractivity contribution in [3.8, 4) is 0 Å². The van der Waals surface area contributed by atoms with Crippen LogP contribution in [0.5, 0.6) is 0 Å². The number of amides is 1. The van der Waals surface area contributed by atoms with E-state index in [2.05, 4.69) is 39.7 Å². The number of carbonyl (C=O) groups is 1. The molecular weight excluding hydrogens is 324 g/mol. The van der Waals surface area contributed by atoms with Gasteiger partial charge in [0.2, 0.25) is 0 Å². The van der Waals surface area contributed by atoms with Gasteiger partial charge in [-0.05, 0) is 62.6 Å². The summed E-state index contributed by atoms with van der Waals surface area (Å²) in [6.45, 7) is 8.08. The summed E-state index contributed by atoms with van der Waals surface area (Å²) >= 11 is 0. The predicted molar refractivity (Wildman–Crippen MR) is 105 cm³/mol. The highest BCUT2D eigenvalue weighted by molar-refractivity contribution is 6.02. The zero-order valence-corrected chi connectivity index (χ0v) is 15.4. The monoisotopic (exact) mass is 346 g/mol. The minimum absolute atomic E-state index is 0.273. The lowest BCUT2D eigenvalue weighted by Gasteiger charge is -2.10. The Hall–Kier alpha value is -3.21. The van der Waals surface area contributed by atoms with Crippen molar-refractivity contribution < 1.29 is 4.79 Å². The zero-order chi connectivity index (χ0) is 18.7. The van der Waals surface area contributed by atoms with Crippen LogP contribution < -0.4 is 10.6 Å². The second kappa shape index (κ2) is 7.35. The Bertz CT molecular complexity index is 928. The van der Waals surface area contributed by atoms with Crippen molar-refractivity contribution in [2.24, 2.45) is 0 Å². The topological polar surface area (TPSA) is 66.9 Å². The van der Waals surface area contributed by atoms with Crippen molar-refractivity contribution in [2.75, 3.05) is 10.6 Å². The maximum atomic E-state index is 12.4. The molecule has 0 unspecified atom stereocenters. The molecule has 132 valence electrons. The van der Waals surface area contributed by atoms with Crippen LogP contribution in [0.4, 0.5) is 17.2 Å². The smallest absolute Gasteiger partial charge is 0.275 e. The van der Waals surface area contributed by atoms with Gasteiger partial charge in [-0.25, -0.2) is 9.97 Å². The molecule has 0 atom stereocenters. The first-order chi connectivity index (χ1) is 12.4. The number of rotatable bonds is 4. The van der Waals surface area contributed by atoms with Gasteiger partial charge < -0.3 is 10.6 Å². The summed E-state index contributed by atoms with van der Waals surface area (Å²) in [4.78, 5) is 20.9. The van der Waals surface area contributed by atoms with Crippen molar-refractivity contribution in [3.63, 3.8) is 0 Å². The van der Waals surface area contributed by atoms with Gasteiger partial charge in [0.25, 0.3) is 5.91 Å². The third-order valence-electron chi connectivity index (χ3n) is 4.01. The van der Waals surface area contributed by atoms with Crippen LogP contribution in [0.2, 0.25) is 0 Å². The molecule has 3 aromatic rings. The van der Waals surface area contributed by atoms with E-state index in [0.29, 0.717) is 5.82 Å². The summed E-state index contributed by atoms with van der Waals surface area (Å²) in [7, 11) is 0. The number of hydrogen-bond acceptors (Lipinski definition) is 4. The summed E-state index contributed by atoms with van der Waals surface area (Å²) in [5.41, 5.74) is 6.53. The molecule has 0 saturated carbocycles. The van der Waals surface area contributed by atoms with E-state index in [1.165, 1.54) is 11.8 Å². The standard InChI is InChI=1S/C21H22N4O/c1-13-5-6-18(16(4)8-13)25-20-12-22-19(11-23-20)21(26)24-17-9-14(2)7-15(3)10-17/h5-12H,1-4H3,(H,23,25)(H,24,26). The fourth-order valence-corrected chi connectivity index (χ4v) is 2.84. The second-order valence-corrected chi connectivity index (χ2v) is 6.56. The molecule has 0 spiro atoms. The first-order valence-corrected chi connectivity index (χ1v) is 8.47. The molecule has 0 fully saturated rings. The number of hydrogen-bond donors (Lipinski definition) is 2. The number of benzene rings is 2. The average Bonchev–Trinajstić information content (AvgIpc) is 2.57. The van der Waals surface area contributed by atoms with E-state index in [4.69, 9.17) is 0 Å². The molecule has 26 heavy (non-hydrogen) atoms. The van der Waals surface area contributed by atoms with Crippen LogP contribution >= 0.6 is 0 Å². The summed E-state index contributed by atoms with van der Waals surface area (Å²) in [6.07, 6.45) is 3.04. The largest absolute Gasteiger partial charge is 0.339 e. The molecule has 3 rings (SSSR count). The molecule has 1 aromatic heterocycles. The number of nitrogens with zero attached hydrogens (tertiary/aromatic N) is 2. The third kappa shape index (κ3) is 4.25. The van der Waals surface area contributed by atoms with Crippen LogP contribution in [0.1, 0.15) is 32.7 Å². The highest BCUT2D eigenvalue weighted by atomic mass is 16.1. The summed E-state index contributed by atoms with van der Waals surface area (Å²) in [6, 6.07) is 12.1. The van der Waals surface area contributed by atoms with Crippen molar-refractivity contribution in [1.29, 1.82) is 0 Å². The maximum absolute atomic E-state index is 12.4. The molecule has 0 bridgehead atoms. The molecule has 5 heteroatoms. The van der Waals surface area contributed by atoms with Crippen molar-refractivity contribution in [1.82, 2.24) is 9.97 Å². The van der Waals surface area contributed by atoms with Gasteiger partial charge in [0, 0.05) is 11.4 Å². The fourth-order valence-electron chi connectivity index (χ4n) is 2.84. The molecule has 2 N–H and O–H groups in total. The first kappa shape index (κ1) is 17.6. The molecular formula is C21H22N4O. The minimum atomic E-state index is -0.277. The van der Waals surface area contributed by atoms with E-state index in [1.54, 1.807) is 6.20 Å². The number of carbonyl (C=O) groups excluding carboxylic acids is 1. The van der Waals surface area contributed by atoms with Gasteiger partial charge in [-0.2, -0.15) is 0 Å². The van der Waals surface area contributed by atoms with E-state index >= 15 is 0 Å². The van der Waals surface area contributed by atoms with Crippen LogP contribution in [-0.4, -0.2) is 15.9 Å². The van der Waals surface area contributed by atoms with Gasteiger partial charge >= 0.3 is 0 Å². The molecule has 0 aliphatic rings. The molecule has 1 amide bonds. The van der Waals surface area contributed by atoms with Crippen molar-refractivity contribution >= 4 is 23.1 Å². The SMILES string of the molecule is Cc1cc(C)cc(NC(=O)c2cnc(Nc3ccc(C)cc3C)cn2)c1. The van der Waals surface area contributed by atoms with Crippen molar-refractivity contribution in [3.05, 3.63) is 76.7 Å². The Kier molecular flexibility index (Phi) is 4.98. The zero-order valence-electron chi connectivity index (χ0n) is 15.4. The highest BCUT2D eigenvalue weighted by Crippen LogP contribution is 2.20. The second-order valence-electron chi connectivity index (χ2n) is 6.56. The van der Waals surface area contributed by atoms with Crippen LogP contribution in [0, 0.1) is 27.7 Å². The van der Waals surface area contributed by atoms with Crippen molar-refractivity contribution in [2.45, 2.75) is 27.7 Å². The van der Waals surface area contributed by atoms with E-state index in [1.807, 2.05) is 45.0 Å². The predicted octanol–water partition coefficient (Wildman–Crippen LogP) is 4.71. The Morgan fingerprint density at radius 3 is 2.19 bits per heavy atom. The Labute approximate surface area is 153 Å². The molecule has 1 heterocycles. The van der Waals surface area contributed by atoms with Gasteiger partial charge in [0.1, 0.15) is 11.5 Å². The van der Waals surface area contributed by atoms with E-state index in [0.717, 1.165) is 28.1 Å². The van der Waals surface area contributed by atoms with Crippen LogP contribution in [0.25, 0.3) is 0 Å². The number of anilines is 3. The quantitative estimate of drug-likeness (QED) is 0.718. The molecule has 0 aliphatic carbocycles. The summed E-state index contributed by atoms with van der Waals surface area (Å²) < 4.78 is 0. The van der Waals surface area contributed by atoms with Gasteiger partial charge in [-0.15, -0.1) is 0 Å². The van der Waals surface area contributed by atoms with Crippen LogP contribution in [0.15, 0.2) is 48.8 Å². The molecule has 0 saturated heterocycles. The fraction of sp³-hybridized carbons (Fsp3) is 0.190. The molecule has 0 aliphatic heterocycles. The van der Waals surface area contributed by atoms with E-state index < -0.39 is 0 Å². The summed E-state index contributed by atoms with van der Waals surface area (Å²) in [5, 5.41) is 6.09. The molecule has 5 nitrogen and oxygen atoms in total. The molecule has 2 aromatic carbocycles. The Morgan fingerprint density at radius 2 is 1.58 bits per heavy atom. The minimum Gasteiger partial charge on any atom is -0.339 e. The van der Waals surface area contributed by atoms with E-state index in [-0.39, 0.29) is 11.6 Å². The Morgan fingerprint density at radius 1 is 0.846 bits per heavy atom. The first-order valence-electron chi connectivity index (χ1n) is 8.47. The highest BCUT2D eigenvalue weighted by Gasteiger charge is 2.09. The number of nitrogens with one attached hydrogen (secondary N) is 2. The van der Waals surface area contributed by atoms with Gasteiger partial charge in [-0.3, -0.25) is 4.79 Å². The van der Waals surface area contributed by atoms with Crippen LogP contribution in [-0.2, 0) is 0 Å². The van der Waals surface area contributed by atoms with E-state index in [9.17, 15) is 4.79 Å². The third-order valence-corrected chi connectivity index (χ3v) is 4.01. The summed E-state index contributed by atoms with van der Waals surface area (Å²) in [5.74, 6) is 0.320. The lowest BCUT2D eigenvalue weighted by Crippen LogP contribution is -2.14. The normalized spacial score (nSPS) is 10.5. The van der Waals surface area contributed by atoms with Gasteiger partial charge in [0.15, 0.2) is 0 Å². The number of aryl methyl sites for hydroxylation is 4. The van der Waals surface area contributed by atoms with Gasteiger partial charge in [0.05, 0.1) is 12.4 Å². The maximum Gasteiger partial charge on any atom is 0.275 e. The lowest BCUT2D eigenvalue weighted by molar-refractivity contribution is 0.102. The average molecular weight is 346 g/mol. The van der Waals surface area contributed by atoms with Gasteiger partial charge in [-0.1, -0.05) is 23.8 Å². The lowest BCUT2D eigenvalue weighted by atomic mass is 10.1. The Balaban J connectivity index is 1.71. The van der Waals surface area contributed by atoms with Crippen LogP contribution in [0.3, 0.4) is 0 Å².